The number of nitrogens with zero attached hydrogens (tertiary/aromatic N) is 2. The molecule has 1 aliphatic carbocycles. The number of hydrogen-bond acceptors (Lipinski definition) is 3. The molecule has 1 aromatic heterocycles. The molecule has 130 valence electrons. The fourth-order valence-corrected chi connectivity index (χ4v) is 3.15. The summed E-state index contributed by atoms with van der Waals surface area (Å²) in [5.41, 5.74) is 1.09. The zero-order valence-electron chi connectivity index (χ0n) is 13.4. The van der Waals surface area contributed by atoms with Crippen LogP contribution >= 0.6 is 15.9 Å². The number of carboxylic acids is 1. The summed E-state index contributed by atoms with van der Waals surface area (Å²) in [6, 6.07) is 9.63. The smallest absolute Gasteiger partial charge is 0.307 e. The monoisotopic (exact) mass is 403 g/mol. The van der Waals surface area contributed by atoms with E-state index >= 15 is 0 Å². The Hall–Kier alpha value is -2.41. The third kappa shape index (κ3) is 4.36. The Bertz CT molecular complexity index is 798. The first-order chi connectivity index (χ1) is 12.0. The molecule has 1 aromatic carbocycles. The van der Waals surface area contributed by atoms with Crippen LogP contribution in [-0.2, 0) is 16.1 Å². The molecule has 1 heterocycles. The number of amides is 1. The second-order valence-corrected chi connectivity index (χ2v) is 6.92. The Morgan fingerprint density at radius 3 is 2.52 bits per heavy atom. The summed E-state index contributed by atoms with van der Waals surface area (Å²) in [6.45, 7) is 0.590. The van der Waals surface area contributed by atoms with E-state index in [9.17, 15) is 14.7 Å². The number of carboxylic acid groups (broad SMARTS) is 1. The van der Waals surface area contributed by atoms with Gasteiger partial charge in [0.15, 0.2) is 5.82 Å². The number of aliphatic carboxylic acids is 1. The highest BCUT2D eigenvalue weighted by atomic mass is 79.9. The van der Waals surface area contributed by atoms with E-state index < -0.39 is 17.8 Å². The Morgan fingerprint density at radius 1 is 1.16 bits per heavy atom. The van der Waals surface area contributed by atoms with E-state index in [1.165, 1.54) is 0 Å². The predicted molar refractivity (Wildman–Crippen MR) is 97.1 cm³/mol. The average Bonchev–Trinajstić information content (AvgIpc) is 3.03. The first-order valence-corrected chi connectivity index (χ1v) is 8.79. The van der Waals surface area contributed by atoms with Gasteiger partial charge in [0.25, 0.3) is 0 Å². The lowest BCUT2D eigenvalue weighted by Gasteiger charge is -2.23. The number of carbonyl (C=O) groups excluding carboxylic acids is 1. The number of nitrogens with one attached hydrogen (secondary N) is 1. The number of hydrogen-bond donors (Lipinski definition) is 2. The summed E-state index contributed by atoms with van der Waals surface area (Å²) in [5.74, 6) is -2.06. The average molecular weight is 404 g/mol. The fraction of sp³-hybridized carbons (Fsp3) is 0.278. The Morgan fingerprint density at radius 2 is 1.84 bits per heavy atom. The van der Waals surface area contributed by atoms with Crippen LogP contribution in [-0.4, -0.2) is 26.8 Å². The number of carbonyl (C=O) groups is 2. The zero-order valence-corrected chi connectivity index (χ0v) is 15.0. The van der Waals surface area contributed by atoms with E-state index in [-0.39, 0.29) is 5.91 Å². The van der Waals surface area contributed by atoms with Crippen LogP contribution in [0, 0.1) is 11.8 Å². The molecule has 3 rings (SSSR count). The van der Waals surface area contributed by atoms with Crippen molar-refractivity contribution >= 4 is 33.6 Å². The van der Waals surface area contributed by atoms with Crippen LogP contribution in [0.4, 0.5) is 5.82 Å². The van der Waals surface area contributed by atoms with Crippen molar-refractivity contribution in [1.82, 2.24) is 9.78 Å². The van der Waals surface area contributed by atoms with Crippen LogP contribution < -0.4 is 5.32 Å². The molecule has 1 aliphatic rings. The Kier molecular flexibility index (Phi) is 5.33. The minimum absolute atomic E-state index is 0.300. The van der Waals surface area contributed by atoms with Gasteiger partial charge < -0.3 is 10.4 Å². The number of aromatic nitrogens is 2. The van der Waals surface area contributed by atoms with Gasteiger partial charge in [0.1, 0.15) is 0 Å². The molecule has 1 amide bonds. The van der Waals surface area contributed by atoms with Gasteiger partial charge in [0, 0.05) is 16.7 Å². The predicted octanol–water partition coefficient (Wildman–Crippen LogP) is 3.30. The molecular formula is C18H18BrN3O3. The fourth-order valence-electron chi connectivity index (χ4n) is 2.89. The highest BCUT2D eigenvalue weighted by Gasteiger charge is 2.34. The van der Waals surface area contributed by atoms with Crippen LogP contribution in [0.2, 0.25) is 0 Å². The standard InChI is InChI=1S/C18H18BrN3O3/c19-13-7-5-12(6-8-13)11-22-10-9-16(21-22)20-17(23)14-3-1-2-4-15(14)18(24)25/h1-2,5-10,14-15H,3-4,11H2,(H,24,25)(H,20,21,23)/t14-,15+/m1/s1. The summed E-state index contributed by atoms with van der Waals surface area (Å²) in [4.78, 5) is 23.7. The van der Waals surface area contributed by atoms with Gasteiger partial charge in [-0.05, 0) is 30.5 Å². The van der Waals surface area contributed by atoms with Crippen LogP contribution in [0.25, 0.3) is 0 Å². The van der Waals surface area contributed by atoms with Crippen molar-refractivity contribution in [3.63, 3.8) is 0 Å². The van der Waals surface area contributed by atoms with Crippen LogP contribution in [0.15, 0.2) is 53.2 Å². The van der Waals surface area contributed by atoms with Crippen LogP contribution in [0.3, 0.4) is 0 Å². The largest absolute Gasteiger partial charge is 0.481 e. The quantitative estimate of drug-likeness (QED) is 0.750. The minimum Gasteiger partial charge on any atom is -0.481 e. The molecule has 0 fully saturated rings. The van der Waals surface area contributed by atoms with Gasteiger partial charge in [-0.3, -0.25) is 14.3 Å². The summed E-state index contributed by atoms with van der Waals surface area (Å²) < 4.78 is 2.74. The Balaban J connectivity index is 1.64. The molecule has 0 bridgehead atoms. The van der Waals surface area contributed by atoms with E-state index in [4.69, 9.17) is 0 Å². The summed E-state index contributed by atoms with van der Waals surface area (Å²) in [7, 11) is 0. The van der Waals surface area contributed by atoms with Crippen molar-refractivity contribution in [2.45, 2.75) is 19.4 Å². The van der Waals surface area contributed by atoms with E-state index in [0.29, 0.717) is 25.2 Å². The highest BCUT2D eigenvalue weighted by Crippen LogP contribution is 2.27. The van der Waals surface area contributed by atoms with Gasteiger partial charge in [0.2, 0.25) is 5.91 Å². The molecule has 2 atom stereocenters. The van der Waals surface area contributed by atoms with Crippen molar-refractivity contribution in [3.05, 3.63) is 58.7 Å². The third-order valence-electron chi connectivity index (χ3n) is 4.24. The SMILES string of the molecule is O=C(O)[C@H]1CC=CC[C@H]1C(=O)Nc1ccn(Cc2ccc(Br)cc2)n1. The lowest BCUT2D eigenvalue weighted by Crippen LogP contribution is -2.34. The molecule has 2 N–H and O–H groups in total. The summed E-state index contributed by atoms with van der Waals surface area (Å²) >= 11 is 3.40. The second-order valence-electron chi connectivity index (χ2n) is 6.01. The van der Waals surface area contributed by atoms with Gasteiger partial charge in [-0.1, -0.05) is 40.2 Å². The molecule has 0 spiro atoms. The summed E-state index contributed by atoms with van der Waals surface area (Å²) in [6.07, 6.45) is 6.27. The third-order valence-corrected chi connectivity index (χ3v) is 4.76. The van der Waals surface area contributed by atoms with Crippen LogP contribution in [0.5, 0.6) is 0 Å². The van der Waals surface area contributed by atoms with Gasteiger partial charge in [-0.2, -0.15) is 5.10 Å². The molecule has 0 aliphatic heterocycles. The van der Waals surface area contributed by atoms with E-state index in [2.05, 4.69) is 26.3 Å². The van der Waals surface area contributed by atoms with E-state index in [1.54, 1.807) is 16.9 Å². The molecule has 0 saturated heterocycles. The van der Waals surface area contributed by atoms with Crippen molar-refractivity contribution < 1.29 is 14.7 Å². The number of anilines is 1. The van der Waals surface area contributed by atoms with Gasteiger partial charge >= 0.3 is 5.97 Å². The molecule has 6 nitrogen and oxygen atoms in total. The normalized spacial score (nSPS) is 19.6. The second kappa shape index (κ2) is 7.65. The summed E-state index contributed by atoms with van der Waals surface area (Å²) in [5, 5.41) is 16.4. The number of rotatable bonds is 5. The molecule has 7 heteroatoms. The zero-order chi connectivity index (χ0) is 17.8. The first kappa shape index (κ1) is 17.4. The topological polar surface area (TPSA) is 84.2 Å². The number of allylic oxidation sites excluding steroid dienone is 2. The lowest BCUT2D eigenvalue weighted by atomic mass is 9.82. The van der Waals surface area contributed by atoms with Crippen molar-refractivity contribution in [2.24, 2.45) is 11.8 Å². The maximum atomic E-state index is 12.4. The Labute approximate surface area is 153 Å². The maximum absolute atomic E-state index is 12.4. The molecule has 25 heavy (non-hydrogen) atoms. The maximum Gasteiger partial charge on any atom is 0.307 e. The number of benzene rings is 1. The molecule has 2 aromatic rings. The van der Waals surface area contributed by atoms with Crippen molar-refractivity contribution in [3.8, 4) is 0 Å². The highest BCUT2D eigenvalue weighted by molar-refractivity contribution is 9.10. The molecule has 0 radical (unpaired) electrons. The van der Waals surface area contributed by atoms with Gasteiger partial charge in [-0.15, -0.1) is 0 Å². The van der Waals surface area contributed by atoms with Gasteiger partial charge in [-0.25, -0.2) is 0 Å². The van der Waals surface area contributed by atoms with Crippen molar-refractivity contribution in [1.29, 1.82) is 0 Å². The van der Waals surface area contributed by atoms with E-state index in [0.717, 1.165) is 10.0 Å². The molecule has 0 saturated carbocycles. The van der Waals surface area contributed by atoms with Gasteiger partial charge in [0.05, 0.1) is 18.4 Å². The number of halogens is 1. The lowest BCUT2D eigenvalue weighted by molar-refractivity contribution is -0.146. The molecular weight excluding hydrogens is 386 g/mol. The van der Waals surface area contributed by atoms with Crippen molar-refractivity contribution in [2.75, 3.05) is 5.32 Å². The van der Waals surface area contributed by atoms with Crippen LogP contribution in [0.1, 0.15) is 18.4 Å². The van der Waals surface area contributed by atoms with E-state index in [1.807, 2.05) is 36.4 Å². The minimum atomic E-state index is -0.940. The first-order valence-electron chi connectivity index (χ1n) is 7.99. The molecule has 0 unspecified atom stereocenters.